The van der Waals surface area contributed by atoms with Gasteiger partial charge in [-0.25, -0.2) is 0 Å². The standard InChI is InChI=1S/C19H22N2O/c1-21(2,3)14-16-13-20(19-7-5-4-6-18(16)19)12-15-8-10-17(22)11-9-15/h4-11,13H,12,14H2,1-3H3/p+1. The van der Waals surface area contributed by atoms with Gasteiger partial charge in [0.2, 0.25) is 0 Å². The second kappa shape index (κ2) is 5.50. The molecule has 0 saturated carbocycles. The minimum absolute atomic E-state index is 0.312. The molecular formula is C19H23N2O+. The summed E-state index contributed by atoms with van der Waals surface area (Å²) < 4.78 is 3.21. The van der Waals surface area contributed by atoms with Gasteiger partial charge in [0.15, 0.2) is 0 Å². The molecule has 0 aliphatic heterocycles. The fraction of sp³-hybridized carbons (Fsp3) is 0.263. The van der Waals surface area contributed by atoms with Gasteiger partial charge in [-0.05, 0) is 23.8 Å². The Labute approximate surface area is 131 Å². The molecule has 0 atom stereocenters. The number of quaternary nitrogens is 1. The second-order valence-electron chi connectivity index (χ2n) is 6.91. The number of para-hydroxylation sites is 1. The molecule has 22 heavy (non-hydrogen) atoms. The van der Waals surface area contributed by atoms with E-state index in [1.807, 2.05) is 12.1 Å². The molecule has 3 rings (SSSR count). The highest BCUT2D eigenvalue weighted by Gasteiger charge is 2.15. The largest absolute Gasteiger partial charge is 0.508 e. The third-order valence-electron chi connectivity index (χ3n) is 3.81. The molecule has 0 fully saturated rings. The van der Waals surface area contributed by atoms with Crippen molar-refractivity contribution in [3.63, 3.8) is 0 Å². The van der Waals surface area contributed by atoms with Crippen molar-refractivity contribution in [2.75, 3.05) is 21.1 Å². The average Bonchev–Trinajstić information content (AvgIpc) is 2.78. The molecule has 0 unspecified atom stereocenters. The first-order chi connectivity index (χ1) is 10.4. The summed E-state index contributed by atoms with van der Waals surface area (Å²) in [6, 6.07) is 16.0. The van der Waals surface area contributed by atoms with Gasteiger partial charge >= 0.3 is 0 Å². The lowest BCUT2D eigenvalue weighted by Crippen LogP contribution is -2.33. The van der Waals surface area contributed by atoms with E-state index in [0.29, 0.717) is 5.75 Å². The molecule has 1 aromatic heterocycles. The highest BCUT2D eigenvalue weighted by molar-refractivity contribution is 5.83. The first-order valence-corrected chi connectivity index (χ1v) is 7.57. The minimum Gasteiger partial charge on any atom is -0.508 e. The Morgan fingerprint density at radius 1 is 0.955 bits per heavy atom. The molecule has 3 heteroatoms. The van der Waals surface area contributed by atoms with Crippen LogP contribution in [0.4, 0.5) is 0 Å². The zero-order valence-electron chi connectivity index (χ0n) is 13.5. The van der Waals surface area contributed by atoms with E-state index in [1.54, 1.807) is 12.1 Å². The molecule has 0 spiro atoms. The zero-order valence-corrected chi connectivity index (χ0v) is 13.5. The average molecular weight is 295 g/mol. The highest BCUT2D eigenvalue weighted by atomic mass is 16.3. The third kappa shape index (κ3) is 3.15. The van der Waals surface area contributed by atoms with Crippen molar-refractivity contribution in [3.8, 4) is 5.75 Å². The molecule has 0 bridgehead atoms. The van der Waals surface area contributed by atoms with Crippen LogP contribution in [0.1, 0.15) is 11.1 Å². The van der Waals surface area contributed by atoms with Crippen LogP contribution in [0.3, 0.4) is 0 Å². The summed E-state index contributed by atoms with van der Waals surface area (Å²) in [5, 5.41) is 10.7. The van der Waals surface area contributed by atoms with E-state index in [0.717, 1.165) is 17.6 Å². The first-order valence-electron chi connectivity index (χ1n) is 7.57. The summed E-state index contributed by atoms with van der Waals surface area (Å²) in [6.07, 6.45) is 2.26. The molecule has 3 nitrogen and oxygen atoms in total. The van der Waals surface area contributed by atoms with Crippen molar-refractivity contribution in [1.82, 2.24) is 4.57 Å². The number of hydrogen-bond acceptors (Lipinski definition) is 1. The van der Waals surface area contributed by atoms with Gasteiger partial charge in [-0.3, -0.25) is 0 Å². The Balaban J connectivity index is 2.00. The van der Waals surface area contributed by atoms with E-state index in [-0.39, 0.29) is 0 Å². The first kappa shape index (κ1) is 14.7. The van der Waals surface area contributed by atoms with Gasteiger partial charge in [0.1, 0.15) is 12.3 Å². The van der Waals surface area contributed by atoms with E-state index in [1.165, 1.54) is 22.0 Å². The second-order valence-corrected chi connectivity index (χ2v) is 6.91. The summed E-state index contributed by atoms with van der Waals surface area (Å²) in [6.45, 7) is 1.82. The molecule has 1 N–H and O–H groups in total. The Morgan fingerprint density at radius 2 is 1.64 bits per heavy atom. The molecule has 0 amide bonds. The molecule has 2 aromatic carbocycles. The molecule has 0 saturated heterocycles. The maximum absolute atomic E-state index is 9.42. The maximum atomic E-state index is 9.42. The zero-order chi connectivity index (χ0) is 15.7. The molecule has 114 valence electrons. The number of phenolic OH excluding ortho intramolecular Hbond substituents is 1. The lowest BCUT2D eigenvalue weighted by atomic mass is 10.1. The number of fused-ring (bicyclic) bond motifs is 1. The van der Waals surface area contributed by atoms with Gasteiger partial charge in [0.05, 0.1) is 21.1 Å². The maximum Gasteiger partial charge on any atom is 0.115 e. The summed E-state index contributed by atoms with van der Waals surface area (Å²) in [4.78, 5) is 0. The number of nitrogens with zero attached hydrogens (tertiary/aromatic N) is 2. The Kier molecular flexibility index (Phi) is 3.67. The van der Waals surface area contributed by atoms with Gasteiger partial charge in [-0.1, -0.05) is 30.3 Å². The Morgan fingerprint density at radius 3 is 2.32 bits per heavy atom. The fourth-order valence-electron chi connectivity index (χ4n) is 2.89. The summed E-state index contributed by atoms with van der Waals surface area (Å²) in [5.41, 5.74) is 3.83. The van der Waals surface area contributed by atoms with Crippen molar-refractivity contribution < 1.29 is 9.59 Å². The summed E-state index contributed by atoms with van der Waals surface area (Å²) in [5.74, 6) is 0.312. The predicted molar refractivity (Wildman–Crippen MR) is 90.9 cm³/mol. The van der Waals surface area contributed by atoms with Crippen LogP contribution in [0.15, 0.2) is 54.7 Å². The van der Waals surface area contributed by atoms with Crippen LogP contribution in [-0.2, 0) is 13.1 Å². The van der Waals surface area contributed by atoms with Crippen LogP contribution in [-0.4, -0.2) is 35.3 Å². The van der Waals surface area contributed by atoms with E-state index in [4.69, 9.17) is 0 Å². The summed E-state index contributed by atoms with van der Waals surface area (Å²) in [7, 11) is 6.64. The number of phenols is 1. The Bertz CT molecular complexity index is 779. The third-order valence-corrected chi connectivity index (χ3v) is 3.81. The smallest absolute Gasteiger partial charge is 0.115 e. The normalized spacial score (nSPS) is 12.0. The number of aromatic nitrogens is 1. The number of aromatic hydroxyl groups is 1. The molecule has 0 aliphatic rings. The molecule has 0 radical (unpaired) electrons. The van der Waals surface area contributed by atoms with Crippen LogP contribution < -0.4 is 0 Å². The topological polar surface area (TPSA) is 25.2 Å². The number of hydrogen-bond donors (Lipinski definition) is 1. The monoisotopic (exact) mass is 295 g/mol. The molecule has 0 aliphatic carbocycles. The lowest BCUT2D eigenvalue weighted by molar-refractivity contribution is -0.883. The minimum atomic E-state index is 0.312. The van der Waals surface area contributed by atoms with E-state index >= 15 is 0 Å². The fourth-order valence-corrected chi connectivity index (χ4v) is 2.89. The van der Waals surface area contributed by atoms with Crippen molar-refractivity contribution >= 4 is 10.9 Å². The van der Waals surface area contributed by atoms with Crippen LogP contribution in [0.5, 0.6) is 5.75 Å². The van der Waals surface area contributed by atoms with Crippen molar-refractivity contribution in [2.45, 2.75) is 13.1 Å². The predicted octanol–water partition coefficient (Wildman–Crippen LogP) is 3.60. The van der Waals surface area contributed by atoms with E-state index in [2.05, 4.69) is 56.2 Å². The molecular weight excluding hydrogens is 272 g/mol. The quantitative estimate of drug-likeness (QED) is 0.731. The van der Waals surface area contributed by atoms with Gasteiger partial charge in [-0.15, -0.1) is 0 Å². The highest BCUT2D eigenvalue weighted by Crippen LogP contribution is 2.24. The van der Waals surface area contributed by atoms with Crippen molar-refractivity contribution in [3.05, 3.63) is 65.9 Å². The number of benzene rings is 2. The van der Waals surface area contributed by atoms with Crippen molar-refractivity contribution in [2.24, 2.45) is 0 Å². The van der Waals surface area contributed by atoms with Crippen LogP contribution in [0.25, 0.3) is 10.9 Å². The van der Waals surface area contributed by atoms with Gasteiger partial charge in [0, 0.05) is 29.2 Å². The SMILES string of the molecule is C[N+](C)(C)Cc1cn(Cc2ccc(O)cc2)c2ccccc12. The number of rotatable bonds is 4. The molecule has 3 aromatic rings. The van der Waals surface area contributed by atoms with Gasteiger partial charge in [-0.2, -0.15) is 0 Å². The molecule has 1 heterocycles. The van der Waals surface area contributed by atoms with Crippen LogP contribution in [0.2, 0.25) is 0 Å². The van der Waals surface area contributed by atoms with Crippen molar-refractivity contribution in [1.29, 1.82) is 0 Å². The Hall–Kier alpha value is -2.26. The van der Waals surface area contributed by atoms with E-state index < -0.39 is 0 Å². The van der Waals surface area contributed by atoms with Gasteiger partial charge < -0.3 is 14.2 Å². The summed E-state index contributed by atoms with van der Waals surface area (Å²) >= 11 is 0. The van der Waals surface area contributed by atoms with Crippen LogP contribution in [0, 0.1) is 0 Å². The van der Waals surface area contributed by atoms with Crippen LogP contribution >= 0.6 is 0 Å². The van der Waals surface area contributed by atoms with Gasteiger partial charge in [0.25, 0.3) is 0 Å². The van der Waals surface area contributed by atoms with E-state index in [9.17, 15) is 5.11 Å². The lowest BCUT2D eigenvalue weighted by Gasteiger charge is -2.23.